The van der Waals surface area contributed by atoms with E-state index in [0.29, 0.717) is 12.1 Å². The predicted octanol–water partition coefficient (Wildman–Crippen LogP) is 3.05. The molecule has 0 bridgehead atoms. The minimum atomic E-state index is 0.628. The lowest BCUT2D eigenvalue weighted by Crippen LogP contribution is -2.33. The van der Waals surface area contributed by atoms with E-state index in [0.717, 1.165) is 12.3 Å². The van der Waals surface area contributed by atoms with Crippen molar-refractivity contribution in [2.75, 3.05) is 20.2 Å². The molecule has 20 heavy (non-hydrogen) atoms. The number of benzene rings is 1. The summed E-state index contributed by atoms with van der Waals surface area (Å²) in [5.41, 5.74) is 1.25. The average Bonchev–Trinajstić information content (AvgIpc) is 2.71. The summed E-state index contributed by atoms with van der Waals surface area (Å²) in [6.07, 6.45) is 3.81. The summed E-state index contributed by atoms with van der Waals surface area (Å²) >= 11 is 0. The van der Waals surface area contributed by atoms with E-state index in [4.69, 9.17) is 4.74 Å². The molecule has 1 fully saturated rings. The minimum absolute atomic E-state index is 0.628. The highest BCUT2D eigenvalue weighted by molar-refractivity contribution is 5.33. The maximum atomic E-state index is 5.41. The fourth-order valence-electron chi connectivity index (χ4n) is 2.94. The highest BCUT2D eigenvalue weighted by atomic mass is 16.5. The van der Waals surface area contributed by atoms with Crippen molar-refractivity contribution in [1.29, 1.82) is 0 Å². The summed E-state index contributed by atoms with van der Waals surface area (Å²) in [6, 6.07) is 9.57. The lowest BCUT2D eigenvalue weighted by Gasteiger charge is -2.24. The average molecular weight is 276 g/mol. The Hall–Kier alpha value is -1.06. The SMILES string of the molecule is COc1ccccc1CNC1CCCN(C(C)C)CC1. The van der Waals surface area contributed by atoms with Crippen LogP contribution >= 0.6 is 0 Å². The van der Waals surface area contributed by atoms with E-state index >= 15 is 0 Å². The lowest BCUT2D eigenvalue weighted by molar-refractivity contribution is 0.229. The topological polar surface area (TPSA) is 24.5 Å². The Labute approximate surface area is 123 Å². The molecule has 1 aliphatic heterocycles. The van der Waals surface area contributed by atoms with Gasteiger partial charge in [-0.05, 0) is 52.3 Å². The maximum Gasteiger partial charge on any atom is 0.123 e. The second-order valence-electron chi connectivity index (χ2n) is 5.95. The van der Waals surface area contributed by atoms with Crippen LogP contribution in [0.1, 0.15) is 38.7 Å². The third-order valence-corrected chi connectivity index (χ3v) is 4.27. The number of hydrogen-bond donors (Lipinski definition) is 1. The molecule has 0 amide bonds. The molecular formula is C17H28N2O. The molecule has 1 N–H and O–H groups in total. The third-order valence-electron chi connectivity index (χ3n) is 4.27. The van der Waals surface area contributed by atoms with Gasteiger partial charge < -0.3 is 15.0 Å². The molecule has 1 unspecified atom stereocenters. The Bertz CT molecular complexity index is 406. The van der Waals surface area contributed by atoms with Gasteiger partial charge in [0.15, 0.2) is 0 Å². The standard InChI is InChI=1S/C17H28N2O/c1-14(2)19-11-6-8-16(10-12-19)18-13-15-7-4-5-9-17(15)20-3/h4-5,7,9,14,16,18H,6,8,10-13H2,1-3H3. The number of ether oxygens (including phenoxy) is 1. The van der Waals surface area contributed by atoms with Crippen molar-refractivity contribution in [3.8, 4) is 5.75 Å². The Morgan fingerprint density at radius 3 is 2.80 bits per heavy atom. The Morgan fingerprint density at radius 1 is 1.25 bits per heavy atom. The highest BCUT2D eigenvalue weighted by Gasteiger charge is 2.18. The van der Waals surface area contributed by atoms with Crippen LogP contribution in [0.25, 0.3) is 0 Å². The molecule has 0 saturated carbocycles. The Morgan fingerprint density at radius 2 is 2.05 bits per heavy atom. The summed E-state index contributed by atoms with van der Waals surface area (Å²) < 4.78 is 5.41. The van der Waals surface area contributed by atoms with E-state index in [1.54, 1.807) is 7.11 Å². The first-order valence-electron chi connectivity index (χ1n) is 7.80. The van der Waals surface area contributed by atoms with Gasteiger partial charge in [0.2, 0.25) is 0 Å². The van der Waals surface area contributed by atoms with Gasteiger partial charge >= 0.3 is 0 Å². The molecule has 0 spiro atoms. The Kier molecular flexibility index (Phi) is 5.86. The third kappa shape index (κ3) is 4.22. The van der Waals surface area contributed by atoms with Crippen LogP contribution in [0.15, 0.2) is 24.3 Å². The van der Waals surface area contributed by atoms with E-state index in [-0.39, 0.29) is 0 Å². The largest absolute Gasteiger partial charge is 0.496 e. The summed E-state index contributed by atoms with van der Waals surface area (Å²) in [4.78, 5) is 2.59. The molecule has 1 aromatic carbocycles. The summed E-state index contributed by atoms with van der Waals surface area (Å²) in [6.45, 7) is 7.94. The van der Waals surface area contributed by atoms with Gasteiger partial charge in [0.1, 0.15) is 5.75 Å². The molecule has 3 nitrogen and oxygen atoms in total. The van der Waals surface area contributed by atoms with Crippen LogP contribution in [0.4, 0.5) is 0 Å². The summed E-state index contributed by atoms with van der Waals surface area (Å²) in [5, 5.41) is 3.71. The monoisotopic (exact) mass is 276 g/mol. The van der Waals surface area contributed by atoms with Gasteiger partial charge in [-0.1, -0.05) is 18.2 Å². The number of nitrogens with one attached hydrogen (secondary N) is 1. The second-order valence-corrected chi connectivity index (χ2v) is 5.95. The zero-order valence-electron chi connectivity index (χ0n) is 13.1. The first-order valence-corrected chi connectivity index (χ1v) is 7.80. The van der Waals surface area contributed by atoms with Gasteiger partial charge in [-0.15, -0.1) is 0 Å². The van der Waals surface area contributed by atoms with Crippen LogP contribution in [0.5, 0.6) is 5.75 Å². The molecule has 3 heteroatoms. The second kappa shape index (κ2) is 7.65. The van der Waals surface area contributed by atoms with Crippen molar-refractivity contribution in [3.05, 3.63) is 29.8 Å². The van der Waals surface area contributed by atoms with E-state index in [1.165, 1.54) is 37.9 Å². The van der Waals surface area contributed by atoms with E-state index in [1.807, 2.05) is 12.1 Å². The first-order chi connectivity index (χ1) is 9.70. The zero-order valence-corrected chi connectivity index (χ0v) is 13.1. The summed E-state index contributed by atoms with van der Waals surface area (Å²) in [7, 11) is 1.74. The smallest absolute Gasteiger partial charge is 0.123 e. The molecule has 0 aliphatic carbocycles. The molecule has 0 radical (unpaired) electrons. The fraction of sp³-hybridized carbons (Fsp3) is 0.647. The van der Waals surface area contributed by atoms with Crippen molar-refractivity contribution < 1.29 is 4.74 Å². The Balaban J connectivity index is 1.85. The van der Waals surface area contributed by atoms with Crippen LogP contribution < -0.4 is 10.1 Å². The van der Waals surface area contributed by atoms with Crippen molar-refractivity contribution in [2.24, 2.45) is 0 Å². The van der Waals surface area contributed by atoms with Crippen LogP contribution in [0.3, 0.4) is 0 Å². The molecular weight excluding hydrogens is 248 g/mol. The van der Waals surface area contributed by atoms with E-state index in [9.17, 15) is 0 Å². The summed E-state index contributed by atoms with van der Waals surface area (Å²) in [5.74, 6) is 0.984. The van der Waals surface area contributed by atoms with Crippen LogP contribution in [-0.2, 0) is 6.54 Å². The van der Waals surface area contributed by atoms with Crippen molar-refractivity contribution >= 4 is 0 Å². The normalized spacial score (nSPS) is 20.9. The van der Waals surface area contributed by atoms with Gasteiger partial charge in [0, 0.05) is 24.2 Å². The van der Waals surface area contributed by atoms with Gasteiger partial charge in [-0.25, -0.2) is 0 Å². The number of para-hydroxylation sites is 1. The molecule has 1 atom stereocenters. The van der Waals surface area contributed by atoms with Crippen molar-refractivity contribution in [1.82, 2.24) is 10.2 Å². The minimum Gasteiger partial charge on any atom is -0.496 e. The number of nitrogens with zero attached hydrogens (tertiary/aromatic N) is 1. The van der Waals surface area contributed by atoms with Crippen LogP contribution in [0, 0.1) is 0 Å². The maximum absolute atomic E-state index is 5.41. The lowest BCUT2D eigenvalue weighted by atomic mass is 10.1. The fourth-order valence-corrected chi connectivity index (χ4v) is 2.94. The van der Waals surface area contributed by atoms with E-state index in [2.05, 4.69) is 36.2 Å². The molecule has 1 heterocycles. The zero-order chi connectivity index (χ0) is 14.4. The van der Waals surface area contributed by atoms with Crippen molar-refractivity contribution in [2.45, 2.75) is 51.7 Å². The number of likely N-dealkylation sites (tertiary alicyclic amines) is 1. The number of methoxy groups -OCH3 is 1. The predicted molar refractivity (Wildman–Crippen MR) is 84.2 cm³/mol. The van der Waals surface area contributed by atoms with Gasteiger partial charge in [-0.3, -0.25) is 0 Å². The molecule has 1 aromatic rings. The van der Waals surface area contributed by atoms with Gasteiger partial charge in [0.05, 0.1) is 7.11 Å². The molecule has 0 aromatic heterocycles. The van der Waals surface area contributed by atoms with Gasteiger partial charge in [-0.2, -0.15) is 0 Å². The number of rotatable bonds is 5. The first kappa shape index (κ1) is 15.3. The van der Waals surface area contributed by atoms with Crippen molar-refractivity contribution in [3.63, 3.8) is 0 Å². The van der Waals surface area contributed by atoms with E-state index < -0.39 is 0 Å². The van der Waals surface area contributed by atoms with Crippen LogP contribution in [0.2, 0.25) is 0 Å². The highest BCUT2D eigenvalue weighted by Crippen LogP contribution is 2.18. The quantitative estimate of drug-likeness (QED) is 0.894. The molecule has 112 valence electrons. The number of hydrogen-bond acceptors (Lipinski definition) is 3. The van der Waals surface area contributed by atoms with Gasteiger partial charge in [0.25, 0.3) is 0 Å². The van der Waals surface area contributed by atoms with Crippen LogP contribution in [-0.4, -0.2) is 37.2 Å². The molecule has 1 saturated heterocycles. The molecule has 2 rings (SSSR count). The molecule has 1 aliphatic rings.